The summed E-state index contributed by atoms with van der Waals surface area (Å²) in [5.74, 6) is 1.25. The first-order valence-electron chi connectivity index (χ1n) is 6.69. The lowest BCUT2D eigenvalue weighted by molar-refractivity contribution is 0.352. The maximum atomic E-state index is 6.10. The Hall–Kier alpha value is -1.68. The fraction of sp³-hybridized carbons (Fsp3) is 0.467. The van der Waals surface area contributed by atoms with Crippen molar-refractivity contribution in [3.05, 3.63) is 47.1 Å². The molecule has 102 valence electrons. The van der Waals surface area contributed by atoms with E-state index in [0.717, 1.165) is 19.3 Å². The monoisotopic (exact) mass is 259 g/mol. The van der Waals surface area contributed by atoms with Gasteiger partial charge in [0.15, 0.2) is 5.82 Å². The van der Waals surface area contributed by atoms with Crippen LogP contribution in [0.5, 0.6) is 0 Å². The molecule has 4 nitrogen and oxygen atoms in total. The van der Waals surface area contributed by atoms with Gasteiger partial charge in [0.05, 0.1) is 5.54 Å². The molecule has 2 rings (SSSR count). The second kappa shape index (κ2) is 5.53. The van der Waals surface area contributed by atoms with Crippen molar-refractivity contribution in [3.8, 4) is 0 Å². The number of hydrogen-bond acceptors (Lipinski definition) is 4. The molecule has 2 aromatic rings. The molecule has 4 heteroatoms. The minimum Gasteiger partial charge on any atom is -0.339 e. The summed E-state index contributed by atoms with van der Waals surface area (Å²) in [4.78, 5) is 4.39. The van der Waals surface area contributed by atoms with E-state index in [1.165, 1.54) is 11.1 Å². The largest absolute Gasteiger partial charge is 0.339 e. The minimum absolute atomic E-state index is 0.510. The Morgan fingerprint density at radius 1 is 1.26 bits per heavy atom. The van der Waals surface area contributed by atoms with Gasteiger partial charge in [0, 0.05) is 6.42 Å². The molecule has 0 radical (unpaired) electrons. The lowest BCUT2D eigenvalue weighted by atomic mass is 10.00. The van der Waals surface area contributed by atoms with E-state index in [-0.39, 0.29) is 0 Å². The molecule has 0 spiro atoms. The molecule has 1 heterocycles. The van der Waals surface area contributed by atoms with E-state index >= 15 is 0 Å². The van der Waals surface area contributed by atoms with Crippen LogP contribution in [0.3, 0.4) is 0 Å². The zero-order chi connectivity index (χ0) is 13.9. The second-order valence-corrected chi connectivity index (χ2v) is 5.21. The first-order chi connectivity index (χ1) is 9.03. The van der Waals surface area contributed by atoms with Crippen molar-refractivity contribution in [2.75, 3.05) is 0 Å². The van der Waals surface area contributed by atoms with Crippen LogP contribution >= 0.6 is 0 Å². The molecule has 0 bridgehead atoms. The molecule has 1 aromatic heterocycles. The highest BCUT2D eigenvalue weighted by molar-refractivity contribution is 5.25. The van der Waals surface area contributed by atoms with Crippen LogP contribution in [0.4, 0.5) is 0 Å². The topological polar surface area (TPSA) is 64.9 Å². The Kier molecular flexibility index (Phi) is 4.00. The average molecular weight is 259 g/mol. The van der Waals surface area contributed by atoms with Crippen LogP contribution < -0.4 is 5.73 Å². The van der Waals surface area contributed by atoms with Crippen molar-refractivity contribution in [2.24, 2.45) is 5.73 Å². The fourth-order valence-electron chi connectivity index (χ4n) is 1.88. The van der Waals surface area contributed by atoms with E-state index in [1.807, 2.05) is 19.9 Å². The van der Waals surface area contributed by atoms with E-state index in [9.17, 15) is 0 Å². The maximum absolute atomic E-state index is 6.10. The van der Waals surface area contributed by atoms with Gasteiger partial charge in [-0.15, -0.1) is 0 Å². The number of aryl methyl sites for hydroxylation is 3. The maximum Gasteiger partial charge on any atom is 0.227 e. The molecule has 0 fully saturated rings. The van der Waals surface area contributed by atoms with Crippen molar-refractivity contribution in [2.45, 2.75) is 45.6 Å². The van der Waals surface area contributed by atoms with Crippen LogP contribution in [0.1, 0.15) is 43.1 Å². The molecule has 2 N–H and O–H groups in total. The third-order valence-electron chi connectivity index (χ3n) is 3.58. The highest BCUT2D eigenvalue weighted by atomic mass is 16.5. The van der Waals surface area contributed by atoms with Gasteiger partial charge in [-0.3, -0.25) is 0 Å². The molecule has 0 aliphatic rings. The summed E-state index contributed by atoms with van der Waals surface area (Å²) in [5, 5.41) is 3.98. The molecule has 0 aliphatic heterocycles. The second-order valence-electron chi connectivity index (χ2n) is 5.21. The summed E-state index contributed by atoms with van der Waals surface area (Å²) in [5.41, 5.74) is 8.19. The number of aromatic nitrogens is 2. The lowest BCUT2D eigenvalue weighted by Crippen LogP contribution is -2.33. The van der Waals surface area contributed by atoms with Crippen molar-refractivity contribution in [1.82, 2.24) is 10.1 Å². The quantitative estimate of drug-likeness (QED) is 0.896. The van der Waals surface area contributed by atoms with Crippen LogP contribution in [-0.2, 0) is 18.4 Å². The fourth-order valence-corrected chi connectivity index (χ4v) is 1.88. The zero-order valence-electron chi connectivity index (χ0n) is 11.8. The van der Waals surface area contributed by atoms with Gasteiger partial charge in [0.2, 0.25) is 5.89 Å². The predicted molar refractivity (Wildman–Crippen MR) is 74.7 cm³/mol. The summed E-state index contributed by atoms with van der Waals surface area (Å²) < 4.78 is 5.27. The molecule has 1 aromatic carbocycles. The Morgan fingerprint density at radius 2 is 2.00 bits per heavy atom. The minimum atomic E-state index is -0.510. The van der Waals surface area contributed by atoms with E-state index < -0.39 is 5.54 Å². The van der Waals surface area contributed by atoms with Gasteiger partial charge < -0.3 is 10.3 Å². The molecule has 1 unspecified atom stereocenters. The van der Waals surface area contributed by atoms with Crippen molar-refractivity contribution in [1.29, 1.82) is 0 Å². The van der Waals surface area contributed by atoms with E-state index in [0.29, 0.717) is 11.7 Å². The molecule has 0 saturated carbocycles. The molecule has 0 amide bonds. The Balaban J connectivity index is 2.03. The van der Waals surface area contributed by atoms with Gasteiger partial charge in [-0.05, 0) is 37.8 Å². The molecular formula is C15H21N3O. The Bertz CT molecular complexity index is 546. The van der Waals surface area contributed by atoms with Gasteiger partial charge >= 0.3 is 0 Å². The summed E-state index contributed by atoms with van der Waals surface area (Å²) in [6.45, 7) is 6.05. The lowest BCUT2D eigenvalue weighted by Gasteiger charge is -2.16. The third-order valence-corrected chi connectivity index (χ3v) is 3.58. The van der Waals surface area contributed by atoms with E-state index in [1.54, 1.807) is 0 Å². The molecule has 1 atom stereocenters. The number of nitrogens with zero attached hydrogens (tertiary/aromatic N) is 2. The van der Waals surface area contributed by atoms with Crippen LogP contribution in [0.25, 0.3) is 0 Å². The molecule has 0 saturated heterocycles. The summed E-state index contributed by atoms with van der Waals surface area (Å²) in [7, 11) is 0. The van der Waals surface area contributed by atoms with Gasteiger partial charge in [-0.2, -0.15) is 4.98 Å². The van der Waals surface area contributed by atoms with Gasteiger partial charge in [-0.1, -0.05) is 36.3 Å². The third kappa shape index (κ3) is 3.20. The summed E-state index contributed by atoms with van der Waals surface area (Å²) in [6, 6.07) is 8.34. The first kappa shape index (κ1) is 13.7. The van der Waals surface area contributed by atoms with Crippen LogP contribution in [0.15, 0.2) is 28.8 Å². The smallest absolute Gasteiger partial charge is 0.227 e. The van der Waals surface area contributed by atoms with Crippen molar-refractivity contribution < 1.29 is 4.52 Å². The number of hydrogen-bond donors (Lipinski definition) is 1. The van der Waals surface area contributed by atoms with Crippen molar-refractivity contribution in [3.63, 3.8) is 0 Å². The van der Waals surface area contributed by atoms with Crippen LogP contribution in [0.2, 0.25) is 0 Å². The standard InChI is InChI=1S/C15H21N3O/c1-4-15(3,16)14-17-13(19-18-14)10-9-12-8-6-5-7-11(12)2/h5-8H,4,9-10,16H2,1-3H3. The van der Waals surface area contributed by atoms with Gasteiger partial charge in [0.1, 0.15) is 0 Å². The number of benzene rings is 1. The van der Waals surface area contributed by atoms with Crippen molar-refractivity contribution >= 4 is 0 Å². The zero-order valence-corrected chi connectivity index (χ0v) is 11.8. The van der Waals surface area contributed by atoms with E-state index in [2.05, 4.69) is 35.3 Å². The molecule has 0 aliphatic carbocycles. The predicted octanol–water partition coefficient (Wildman–Crippen LogP) is 2.75. The molecule has 19 heavy (non-hydrogen) atoms. The van der Waals surface area contributed by atoms with Gasteiger partial charge in [0.25, 0.3) is 0 Å². The van der Waals surface area contributed by atoms with E-state index in [4.69, 9.17) is 10.3 Å². The normalized spacial score (nSPS) is 14.3. The highest BCUT2D eigenvalue weighted by Crippen LogP contribution is 2.18. The van der Waals surface area contributed by atoms with Crippen LogP contribution in [0, 0.1) is 6.92 Å². The first-order valence-corrected chi connectivity index (χ1v) is 6.69. The number of rotatable bonds is 5. The summed E-state index contributed by atoms with van der Waals surface area (Å²) in [6.07, 6.45) is 2.43. The Labute approximate surface area is 114 Å². The SMILES string of the molecule is CCC(C)(N)c1noc(CCc2ccccc2C)n1. The van der Waals surface area contributed by atoms with Crippen LogP contribution in [-0.4, -0.2) is 10.1 Å². The van der Waals surface area contributed by atoms with Gasteiger partial charge in [-0.25, -0.2) is 0 Å². The summed E-state index contributed by atoms with van der Waals surface area (Å²) >= 11 is 0. The number of nitrogens with two attached hydrogens (primary N) is 1. The molecular weight excluding hydrogens is 238 g/mol. The Morgan fingerprint density at radius 3 is 2.68 bits per heavy atom. The highest BCUT2D eigenvalue weighted by Gasteiger charge is 2.25. The average Bonchev–Trinajstić information content (AvgIpc) is 2.87.